The van der Waals surface area contributed by atoms with Crippen molar-refractivity contribution < 1.29 is 22.8 Å². The van der Waals surface area contributed by atoms with Crippen molar-refractivity contribution in [3.8, 4) is 0 Å². The fraction of sp³-hybridized carbons (Fsp3) is 0.467. The van der Waals surface area contributed by atoms with Crippen molar-refractivity contribution in [3.63, 3.8) is 0 Å². The monoisotopic (exact) mass is 409 g/mol. The minimum Gasteiger partial charge on any atom is -0.356 e. The van der Waals surface area contributed by atoms with Gasteiger partial charge in [-0.05, 0) is 31.7 Å². The molecular weight excluding hydrogens is 391 g/mol. The van der Waals surface area contributed by atoms with Crippen molar-refractivity contribution >= 4 is 33.4 Å². The van der Waals surface area contributed by atoms with E-state index in [1.165, 1.54) is 19.1 Å². The van der Waals surface area contributed by atoms with Crippen molar-refractivity contribution in [1.29, 1.82) is 0 Å². The Labute approximate surface area is 146 Å². The molecule has 0 bridgehead atoms. The predicted molar refractivity (Wildman–Crippen MR) is 88.6 cm³/mol. The first-order valence-corrected chi connectivity index (χ1v) is 7.98. The molecule has 24 heavy (non-hydrogen) atoms. The fourth-order valence-corrected chi connectivity index (χ4v) is 2.43. The number of carbonyl (C=O) groups is 2. The second-order valence-corrected chi connectivity index (χ2v) is 6.17. The summed E-state index contributed by atoms with van der Waals surface area (Å²) >= 11 is 2.85. The topological polar surface area (TPSA) is 61.4 Å². The molecule has 0 saturated carbocycles. The Kier molecular flexibility index (Phi) is 7.68. The molecule has 0 unspecified atom stereocenters. The molecule has 134 valence electrons. The molecule has 2 N–H and O–H groups in total. The summed E-state index contributed by atoms with van der Waals surface area (Å²) in [5, 5.41) is 5.09. The van der Waals surface area contributed by atoms with E-state index in [9.17, 15) is 22.8 Å². The third kappa shape index (κ3) is 7.31. The summed E-state index contributed by atoms with van der Waals surface area (Å²) in [7, 11) is 1.72. The van der Waals surface area contributed by atoms with Gasteiger partial charge in [0.25, 0.3) is 0 Å². The van der Waals surface area contributed by atoms with Crippen LogP contribution in [0.1, 0.15) is 18.9 Å². The highest BCUT2D eigenvalue weighted by atomic mass is 79.9. The SMILES string of the molecule is CC(=O)NCCCN(C)CC(=O)Nc1ccc(Br)c(C(F)(F)F)c1. The number of halogens is 4. The minimum atomic E-state index is -4.50. The number of rotatable bonds is 7. The van der Waals surface area contributed by atoms with Crippen LogP contribution in [-0.2, 0) is 15.8 Å². The van der Waals surface area contributed by atoms with Gasteiger partial charge in [-0.2, -0.15) is 13.2 Å². The molecule has 1 aromatic rings. The first-order valence-electron chi connectivity index (χ1n) is 7.19. The van der Waals surface area contributed by atoms with Gasteiger partial charge in [-0.3, -0.25) is 14.5 Å². The summed E-state index contributed by atoms with van der Waals surface area (Å²) in [6.07, 6.45) is -3.83. The molecule has 9 heteroatoms. The zero-order valence-corrected chi connectivity index (χ0v) is 14.9. The highest BCUT2D eigenvalue weighted by molar-refractivity contribution is 9.10. The molecule has 0 radical (unpaired) electrons. The molecule has 5 nitrogen and oxygen atoms in total. The number of amides is 2. The van der Waals surface area contributed by atoms with Crippen molar-refractivity contribution in [1.82, 2.24) is 10.2 Å². The lowest BCUT2D eigenvalue weighted by molar-refractivity contribution is -0.138. The summed E-state index contributed by atoms with van der Waals surface area (Å²) in [5.41, 5.74) is -0.758. The van der Waals surface area contributed by atoms with Crippen LogP contribution in [0.4, 0.5) is 18.9 Å². The van der Waals surface area contributed by atoms with Crippen LogP contribution in [0.15, 0.2) is 22.7 Å². The Morgan fingerprint density at radius 1 is 1.29 bits per heavy atom. The molecular formula is C15H19BrF3N3O2. The van der Waals surface area contributed by atoms with Crippen LogP contribution in [0, 0.1) is 0 Å². The number of nitrogens with zero attached hydrogens (tertiary/aromatic N) is 1. The Morgan fingerprint density at radius 3 is 2.54 bits per heavy atom. The summed E-state index contributed by atoms with van der Waals surface area (Å²) in [6.45, 7) is 2.53. The van der Waals surface area contributed by atoms with Crippen molar-refractivity contribution in [3.05, 3.63) is 28.2 Å². The molecule has 1 rings (SSSR count). The largest absolute Gasteiger partial charge is 0.417 e. The van der Waals surface area contributed by atoms with E-state index in [-0.39, 0.29) is 22.6 Å². The Hall–Kier alpha value is -1.61. The molecule has 0 aliphatic carbocycles. The maximum absolute atomic E-state index is 12.8. The standard InChI is InChI=1S/C15H19BrF3N3O2/c1-10(23)20-6-3-7-22(2)9-14(24)21-11-4-5-13(16)12(8-11)15(17,18)19/h4-5,8H,3,6-7,9H2,1-2H3,(H,20,23)(H,21,24). The smallest absolute Gasteiger partial charge is 0.356 e. The van der Waals surface area contributed by atoms with Crippen LogP contribution >= 0.6 is 15.9 Å². The molecule has 0 aliphatic heterocycles. The molecule has 0 spiro atoms. The van der Waals surface area contributed by atoms with Gasteiger partial charge >= 0.3 is 6.18 Å². The first-order chi connectivity index (χ1) is 11.1. The van der Waals surface area contributed by atoms with E-state index in [4.69, 9.17) is 0 Å². The summed E-state index contributed by atoms with van der Waals surface area (Å²) in [4.78, 5) is 24.3. The van der Waals surface area contributed by atoms with E-state index in [1.54, 1.807) is 11.9 Å². The quantitative estimate of drug-likeness (QED) is 0.680. The minimum absolute atomic E-state index is 0.0392. The summed E-state index contributed by atoms with van der Waals surface area (Å²) in [6, 6.07) is 3.53. The number of benzene rings is 1. The highest BCUT2D eigenvalue weighted by Crippen LogP contribution is 2.36. The van der Waals surface area contributed by atoms with Crippen molar-refractivity contribution in [2.24, 2.45) is 0 Å². The summed E-state index contributed by atoms with van der Waals surface area (Å²) < 4.78 is 38.4. The average molecular weight is 410 g/mol. The second kappa shape index (κ2) is 9.03. The van der Waals surface area contributed by atoms with Gasteiger partial charge in [0, 0.05) is 30.2 Å². The Balaban J connectivity index is 2.52. The van der Waals surface area contributed by atoms with E-state index >= 15 is 0 Å². The molecule has 0 aromatic heterocycles. The van der Waals surface area contributed by atoms with Gasteiger partial charge in [0.15, 0.2) is 0 Å². The highest BCUT2D eigenvalue weighted by Gasteiger charge is 2.33. The molecule has 0 saturated heterocycles. The lowest BCUT2D eigenvalue weighted by atomic mass is 10.2. The van der Waals surface area contributed by atoms with E-state index in [0.29, 0.717) is 19.5 Å². The van der Waals surface area contributed by atoms with Crippen LogP contribution in [0.2, 0.25) is 0 Å². The first kappa shape index (κ1) is 20.4. The van der Waals surface area contributed by atoms with E-state index in [1.807, 2.05) is 0 Å². The third-order valence-electron chi connectivity index (χ3n) is 3.06. The molecule has 0 aliphatic rings. The Morgan fingerprint density at radius 2 is 1.96 bits per heavy atom. The predicted octanol–water partition coefficient (Wildman–Crippen LogP) is 2.86. The lowest BCUT2D eigenvalue weighted by Crippen LogP contribution is -2.32. The van der Waals surface area contributed by atoms with Crippen molar-refractivity contribution in [2.75, 3.05) is 32.0 Å². The fourth-order valence-electron chi connectivity index (χ4n) is 1.96. The zero-order valence-electron chi connectivity index (χ0n) is 13.3. The number of carbonyl (C=O) groups excluding carboxylic acids is 2. The van der Waals surface area contributed by atoms with Gasteiger partial charge in [-0.1, -0.05) is 15.9 Å². The van der Waals surface area contributed by atoms with Crippen LogP contribution in [0.25, 0.3) is 0 Å². The zero-order chi connectivity index (χ0) is 18.3. The molecule has 2 amide bonds. The van der Waals surface area contributed by atoms with Gasteiger partial charge < -0.3 is 10.6 Å². The Bertz CT molecular complexity index is 594. The number of likely N-dealkylation sites (N-methyl/N-ethyl adjacent to an activating group) is 1. The van der Waals surface area contributed by atoms with Crippen LogP contribution in [-0.4, -0.2) is 43.4 Å². The maximum atomic E-state index is 12.8. The molecule has 0 atom stereocenters. The maximum Gasteiger partial charge on any atom is 0.417 e. The van der Waals surface area contributed by atoms with Crippen LogP contribution < -0.4 is 10.6 Å². The number of alkyl halides is 3. The number of nitrogens with one attached hydrogen (secondary N) is 2. The van der Waals surface area contributed by atoms with Crippen molar-refractivity contribution in [2.45, 2.75) is 19.5 Å². The van der Waals surface area contributed by atoms with E-state index < -0.39 is 17.6 Å². The van der Waals surface area contributed by atoms with Gasteiger partial charge in [-0.15, -0.1) is 0 Å². The number of anilines is 1. The van der Waals surface area contributed by atoms with Crippen LogP contribution in [0.3, 0.4) is 0 Å². The molecule has 1 aromatic carbocycles. The summed E-state index contributed by atoms with van der Waals surface area (Å²) in [5.74, 6) is -0.529. The van der Waals surface area contributed by atoms with E-state index in [2.05, 4.69) is 26.6 Å². The third-order valence-corrected chi connectivity index (χ3v) is 3.75. The second-order valence-electron chi connectivity index (χ2n) is 5.31. The van der Waals surface area contributed by atoms with Gasteiger partial charge in [0.05, 0.1) is 12.1 Å². The lowest BCUT2D eigenvalue weighted by Gasteiger charge is -2.17. The van der Waals surface area contributed by atoms with Gasteiger partial charge in [0.2, 0.25) is 11.8 Å². The number of hydrogen-bond donors (Lipinski definition) is 2. The number of hydrogen-bond acceptors (Lipinski definition) is 3. The normalized spacial score (nSPS) is 11.5. The van der Waals surface area contributed by atoms with Crippen LogP contribution in [0.5, 0.6) is 0 Å². The van der Waals surface area contributed by atoms with E-state index in [0.717, 1.165) is 6.07 Å². The van der Waals surface area contributed by atoms with Gasteiger partial charge in [-0.25, -0.2) is 0 Å². The average Bonchev–Trinajstić information content (AvgIpc) is 2.44. The molecule has 0 fully saturated rings. The molecule has 0 heterocycles. The van der Waals surface area contributed by atoms with Gasteiger partial charge in [0.1, 0.15) is 0 Å².